The van der Waals surface area contributed by atoms with E-state index >= 15 is 0 Å². The molecule has 1 fully saturated rings. The first kappa shape index (κ1) is 16.8. The van der Waals surface area contributed by atoms with Crippen LogP contribution in [0.15, 0.2) is 59.5 Å². The van der Waals surface area contributed by atoms with Gasteiger partial charge in [0.2, 0.25) is 0 Å². The van der Waals surface area contributed by atoms with E-state index in [0.29, 0.717) is 11.0 Å². The van der Waals surface area contributed by atoms with Crippen LogP contribution in [0.4, 0.5) is 0 Å². The molecule has 0 saturated heterocycles. The Morgan fingerprint density at radius 2 is 1.50 bits per heavy atom. The zero-order valence-corrected chi connectivity index (χ0v) is 14.6. The van der Waals surface area contributed by atoms with Gasteiger partial charge < -0.3 is 0 Å². The molecule has 0 N–H and O–H groups in total. The van der Waals surface area contributed by atoms with Gasteiger partial charge in [0.25, 0.3) is 0 Å². The van der Waals surface area contributed by atoms with Gasteiger partial charge in [0, 0.05) is 10.3 Å². The first-order chi connectivity index (χ1) is 10.6. The molecule has 2 aromatic carbocycles. The van der Waals surface area contributed by atoms with E-state index in [4.69, 9.17) is 0 Å². The van der Waals surface area contributed by atoms with Gasteiger partial charge >= 0.3 is 0 Å². The van der Waals surface area contributed by atoms with Crippen molar-refractivity contribution in [1.29, 1.82) is 0 Å². The maximum absolute atomic E-state index is 12.2. The second kappa shape index (κ2) is 7.15. The minimum atomic E-state index is -0.0945. The molecule has 0 heterocycles. The Morgan fingerprint density at radius 1 is 1.00 bits per heavy atom. The lowest BCUT2D eigenvalue weighted by molar-refractivity contribution is -0.115. The molecule has 2 aromatic rings. The van der Waals surface area contributed by atoms with E-state index < -0.39 is 0 Å². The third-order valence-electron chi connectivity index (χ3n) is 4.30. The Hall–Kier alpha value is -1.54. The molecule has 0 spiro atoms. The summed E-state index contributed by atoms with van der Waals surface area (Å²) in [6, 6.07) is 18.5. The van der Waals surface area contributed by atoms with E-state index in [9.17, 15) is 4.79 Å². The maximum Gasteiger partial charge on any atom is 0.199 e. The van der Waals surface area contributed by atoms with Crippen molar-refractivity contribution >= 4 is 16.9 Å². The van der Waals surface area contributed by atoms with E-state index in [2.05, 4.69) is 38.1 Å². The quantitative estimate of drug-likeness (QED) is 0.642. The molecule has 0 aliphatic heterocycles. The fourth-order valence-corrected chi connectivity index (χ4v) is 3.44. The Morgan fingerprint density at radius 3 is 2.00 bits per heavy atom. The van der Waals surface area contributed by atoms with Crippen LogP contribution in [0.25, 0.3) is 11.1 Å². The van der Waals surface area contributed by atoms with Crippen molar-refractivity contribution in [2.45, 2.75) is 39.0 Å². The van der Waals surface area contributed by atoms with Gasteiger partial charge in [-0.25, -0.2) is 0 Å². The number of carbonyl (C=O) groups is 1. The molecule has 22 heavy (non-hydrogen) atoms. The summed E-state index contributed by atoms with van der Waals surface area (Å²) in [7, 11) is 0. The summed E-state index contributed by atoms with van der Waals surface area (Å²) in [6.07, 6.45) is 1.03. The summed E-state index contributed by atoms with van der Waals surface area (Å²) in [5, 5.41) is 0.303. The Bertz CT molecular complexity index is 618. The summed E-state index contributed by atoms with van der Waals surface area (Å²) in [4.78, 5) is 13.3. The average Bonchev–Trinajstić information content (AvgIpc) is 3.19. The number of benzene rings is 2. The van der Waals surface area contributed by atoms with Gasteiger partial charge in [-0.3, -0.25) is 4.79 Å². The lowest BCUT2D eigenvalue weighted by atomic mass is 10.1. The number of rotatable bonds is 3. The molecule has 2 unspecified atom stereocenters. The second-order valence-corrected chi connectivity index (χ2v) is 6.85. The summed E-state index contributed by atoms with van der Waals surface area (Å²) >= 11 is 1.38. The standard InChI is InChI=1S/C18H18OS.C2H6/c1-13-12-18(13,2)17(19)20-16-10-8-15(9-11-16)14-6-4-3-5-7-14;1-2/h3-11,13H,12H2,1-2H3;1-2H3. The fourth-order valence-electron chi connectivity index (χ4n) is 2.43. The molecule has 0 radical (unpaired) electrons. The lowest BCUT2D eigenvalue weighted by Crippen LogP contribution is -2.09. The summed E-state index contributed by atoms with van der Waals surface area (Å²) < 4.78 is 0. The summed E-state index contributed by atoms with van der Waals surface area (Å²) in [5.74, 6) is 0.533. The highest BCUT2D eigenvalue weighted by Gasteiger charge is 2.52. The number of carbonyl (C=O) groups excluding carboxylic acids is 1. The molecule has 2 heteroatoms. The van der Waals surface area contributed by atoms with Gasteiger partial charge in [0.1, 0.15) is 0 Å². The van der Waals surface area contributed by atoms with Crippen LogP contribution in [0.5, 0.6) is 0 Å². The molecule has 1 saturated carbocycles. The molecule has 0 bridgehead atoms. The lowest BCUT2D eigenvalue weighted by Gasteiger charge is -2.08. The van der Waals surface area contributed by atoms with Crippen molar-refractivity contribution in [3.8, 4) is 11.1 Å². The van der Waals surface area contributed by atoms with E-state index in [1.165, 1.54) is 22.9 Å². The molecule has 2 atom stereocenters. The molecule has 0 aromatic heterocycles. The van der Waals surface area contributed by atoms with E-state index in [1.54, 1.807) is 0 Å². The van der Waals surface area contributed by atoms with Gasteiger partial charge in [-0.2, -0.15) is 0 Å². The highest BCUT2D eigenvalue weighted by molar-refractivity contribution is 8.13. The number of hydrogen-bond acceptors (Lipinski definition) is 2. The third-order valence-corrected chi connectivity index (χ3v) is 5.46. The van der Waals surface area contributed by atoms with Crippen LogP contribution >= 0.6 is 11.8 Å². The van der Waals surface area contributed by atoms with Gasteiger partial charge in [0.05, 0.1) is 0 Å². The molecular weight excluding hydrogens is 288 g/mol. The minimum Gasteiger partial charge on any atom is -0.286 e. The van der Waals surface area contributed by atoms with Crippen LogP contribution < -0.4 is 0 Å². The highest BCUT2D eigenvalue weighted by atomic mass is 32.2. The Balaban J connectivity index is 0.000000847. The smallest absolute Gasteiger partial charge is 0.199 e. The predicted molar refractivity (Wildman–Crippen MR) is 96.0 cm³/mol. The molecule has 0 amide bonds. The topological polar surface area (TPSA) is 17.1 Å². The third kappa shape index (κ3) is 3.61. The van der Waals surface area contributed by atoms with Gasteiger partial charge in [-0.1, -0.05) is 81.9 Å². The largest absolute Gasteiger partial charge is 0.286 e. The summed E-state index contributed by atoms with van der Waals surface area (Å²) in [5.41, 5.74) is 2.30. The van der Waals surface area contributed by atoms with Crippen molar-refractivity contribution in [2.75, 3.05) is 0 Å². The number of thioether (sulfide) groups is 1. The molecule has 116 valence electrons. The van der Waals surface area contributed by atoms with Crippen LogP contribution in [0.1, 0.15) is 34.1 Å². The molecular formula is C20H24OS. The zero-order valence-electron chi connectivity index (χ0n) is 13.8. The molecule has 1 aliphatic carbocycles. The summed E-state index contributed by atoms with van der Waals surface area (Å²) in [6.45, 7) is 8.22. The second-order valence-electron chi connectivity index (χ2n) is 5.80. The molecule has 1 nitrogen and oxygen atoms in total. The van der Waals surface area contributed by atoms with E-state index in [-0.39, 0.29) is 5.41 Å². The van der Waals surface area contributed by atoms with Crippen molar-refractivity contribution < 1.29 is 4.79 Å². The van der Waals surface area contributed by atoms with E-state index in [0.717, 1.165) is 11.3 Å². The van der Waals surface area contributed by atoms with Crippen LogP contribution in [0.3, 0.4) is 0 Å². The van der Waals surface area contributed by atoms with Crippen LogP contribution in [0, 0.1) is 11.3 Å². The minimum absolute atomic E-state index is 0.0945. The van der Waals surface area contributed by atoms with Crippen molar-refractivity contribution in [3.05, 3.63) is 54.6 Å². The average molecular weight is 312 g/mol. The maximum atomic E-state index is 12.2. The fraction of sp³-hybridized carbons (Fsp3) is 0.350. The monoisotopic (exact) mass is 312 g/mol. The molecule has 1 aliphatic rings. The highest BCUT2D eigenvalue weighted by Crippen LogP contribution is 2.55. The Kier molecular flexibility index (Phi) is 5.47. The van der Waals surface area contributed by atoms with Crippen molar-refractivity contribution in [2.24, 2.45) is 11.3 Å². The van der Waals surface area contributed by atoms with Crippen molar-refractivity contribution in [1.82, 2.24) is 0 Å². The SMILES string of the molecule is CC.CC1CC1(C)C(=O)Sc1ccc(-c2ccccc2)cc1. The van der Waals surface area contributed by atoms with Crippen molar-refractivity contribution in [3.63, 3.8) is 0 Å². The van der Waals surface area contributed by atoms with Gasteiger partial charge in [-0.05, 0) is 35.6 Å². The predicted octanol–water partition coefficient (Wildman–Crippen LogP) is 6.04. The zero-order chi connectivity index (χ0) is 16.2. The molecule has 3 rings (SSSR count). The van der Waals surface area contributed by atoms with Gasteiger partial charge in [0.15, 0.2) is 5.12 Å². The van der Waals surface area contributed by atoms with Gasteiger partial charge in [-0.15, -0.1) is 0 Å². The Labute approximate surface area is 138 Å². The first-order valence-corrected chi connectivity index (χ1v) is 8.79. The van der Waals surface area contributed by atoms with Crippen LogP contribution in [-0.4, -0.2) is 5.12 Å². The van der Waals surface area contributed by atoms with Crippen LogP contribution in [0.2, 0.25) is 0 Å². The van der Waals surface area contributed by atoms with Crippen LogP contribution in [-0.2, 0) is 4.79 Å². The number of hydrogen-bond donors (Lipinski definition) is 0. The first-order valence-electron chi connectivity index (χ1n) is 7.97. The normalized spacial score (nSPS) is 22.5. The van der Waals surface area contributed by atoms with E-state index in [1.807, 2.05) is 44.2 Å².